The molecule has 0 bridgehead atoms. The molecule has 0 radical (unpaired) electrons. The molecule has 4 heteroatoms. The topological polar surface area (TPSA) is 22.1 Å². The molecule has 2 aromatic carbocycles. The van der Waals surface area contributed by atoms with Crippen molar-refractivity contribution in [1.82, 2.24) is 4.98 Å². The van der Waals surface area contributed by atoms with Crippen LogP contribution in [0.3, 0.4) is 0 Å². The van der Waals surface area contributed by atoms with Gasteiger partial charge < -0.3 is 4.74 Å². The summed E-state index contributed by atoms with van der Waals surface area (Å²) in [6, 6.07) is 14.3. The van der Waals surface area contributed by atoms with E-state index in [1.807, 2.05) is 30.3 Å². The number of hydrogen-bond donors (Lipinski definition) is 0. The van der Waals surface area contributed by atoms with Crippen LogP contribution >= 0.6 is 15.9 Å². The summed E-state index contributed by atoms with van der Waals surface area (Å²) in [5, 5.41) is 1.08. The van der Waals surface area contributed by atoms with Gasteiger partial charge in [-0.3, -0.25) is 4.98 Å². The molecule has 0 atom stereocenters. The maximum absolute atomic E-state index is 13.0. The Kier molecular flexibility index (Phi) is 3.65. The van der Waals surface area contributed by atoms with Crippen molar-refractivity contribution in [2.75, 3.05) is 0 Å². The molecule has 0 unspecified atom stereocenters. The third-order valence-electron chi connectivity index (χ3n) is 2.96. The summed E-state index contributed by atoms with van der Waals surface area (Å²) < 4.78 is 19.3. The summed E-state index contributed by atoms with van der Waals surface area (Å²) in [6.45, 7) is 0.426. The van der Waals surface area contributed by atoms with Gasteiger partial charge in [0.05, 0.1) is 9.99 Å². The molecule has 2 nitrogen and oxygen atoms in total. The Hall–Kier alpha value is -1.94. The van der Waals surface area contributed by atoms with Crippen LogP contribution in [-0.2, 0) is 6.61 Å². The second-order valence-corrected chi connectivity index (χ2v) is 5.25. The Morgan fingerprint density at radius 3 is 2.85 bits per heavy atom. The first-order valence-corrected chi connectivity index (χ1v) is 6.93. The van der Waals surface area contributed by atoms with Gasteiger partial charge in [0.25, 0.3) is 0 Å². The van der Waals surface area contributed by atoms with E-state index in [4.69, 9.17) is 4.74 Å². The number of rotatable bonds is 3. The highest BCUT2D eigenvalue weighted by atomic mass is 79.9. The fraction of sp³-hybridized carbons (Fsp3) is 0.0625. The predicted molar refractivity (Wildman–Crippen MR) is 80.2 cm³/mol. The van der Waals surface area contributed by atoms with Crippen molar-refractivity contribution in [3.8, 4) is 5.75 Å². The molecule has 0 aliphatic carbocycles. The van der Waals surface area contributed by atoms with E-state index >= 15 is 0 Å². The molecule has 0 N–H and O–H groups in total. The second kappa shape index (κ2) is 5.59. The molecule has 0 saturated heterocycles. The number of hydrogen-bond acceptors (Lipinski definition) is 2. The second-order valence-electron chi connectivity index (χ2n) is 4.39. The summed E-state index contributed by atoms with van der Waals surface area (Å²) >= 11 is 3.29. The summed E-state index contributed by atoms with van der Waals surface area (Å²) in [6.07, 6.45) is 1.77. The average Bonchev–Trinajstić information content (AvgIpc) is 2.46. The number of ether oxygens (including phenoxy) is 1. The third-order valence-corrected chi connectivity index (χ3v) is 3.58. The van der Waals surface area contributed by atoms with Crippen LogP contribution in [-0.4, -0.2) is 4.98 Å². The van der Waals surface area contributed by atoms with E-state index in [9.17, 15) is 4.39 Å². The Labute approximate surface area is 124 Å². The van der Waals surface area contributed by atoms with Gasteiger partial charge in [-0.25, -0.2) is 4.39 Å². The Bertz CT molecular complexity index is 760. The number of pyridine rings is 1. The Morgan fingerprint density at radius 1 is 1.10 bits per heavy atom. The molecule has 1 aromatic heterocycles. The van der Waals surface area contributed by atoms with Gasteiger partial charge in [0.15, 0.2) is 0 Å². The van der Waals surface area contributed by atoms with Crippen molar-refractivity contribution in [2.24, 2.45) is 0 Å². The van der Waals surface area contributed by atoms with Gasteiger partial charge in [-0.2, -0.15) is 0 Å². The molecule has 3 rings (SSSR count). The minimum atomic E-state index is -0.291. The average molecular weight is 332 g/mol. The molecule has 0 aliphatic heterocycles. The standard InChI is InChI=1S/C16H11BrFNO/c17-14-9-13(18)4-6-16(14)20-10-11-3-5-15-12(8-11)2-1-7-19-15/h1-9H,10H2. The van der Waals surface area contributed by atoms with Crippen molar-refractivity contribution < 1.29 is 9.13 Å². The molecule has 1 heterocycles. The van der Waals surface area contributed by atoms with Crippen LogP contribution in [0.25, 0.3) is 10.9 Å². The molecule has 3 aromatic rings. The lowest BCUT2D eigenvalue weighted by molar-refractivity contribution is 0.304. The largest absolute Gasteiger partial charge is 0.488 e. The van der Waals surface area contributed by atoms with E-state index in [1.165, 1.54) is 12.1 Å². The maximum atomic E-state index is 13.0. The minimum absolute atomic E-state index is 0.291. The lowest BCUT2D eigenvalue weighted by Crippen LogP contribution is -1.96. The van der Waals surface area contributed by atoms with E-state index in [-0.39, 0.29) is 5.82 Å². The van der Waals surface area contributed by atoms with E-state index in [2.05, 4.69) is 20.9 Å². The Balaban J connectivity index is 1.79. The summed E-state index contributed by atoms with van der Waals surface area (Å²) in [5.74, 6) is 0.332. The monoisotopic (exact) mass is 331 g/mol. The fourth-order valence-corrected chi connectivity index (χ4v) is 2.43. The molecule has 0 fully saturated rings. The van der Waals surface area contributed by atoms with Gasteiger partial charge in [-0.05, 0) is 57.9 Å². The first-order chi connectivity index (χ1) is 9.72. The van der Waals surface area contributed by atoms with Crippen LogP contribution < -0.4 is 4.74 Å². The van der Waals surface area contributed by atoms with E-state index < -0.39 is 0 Å². The smallest absolute Gasteiger partial charge is 0.134 e. The maximum Gasteiger partial charge on any atom is 0.134 e. The van der Waals surface area contributed by atoms with Crippen LogP contribution in [0.15, 0.2) is 59.2 Å². The third kappa shape index (κ3) is 2.80. The SMILES string of the molecule is Fc1ccc(OCc2ccc3ncccc3c2)c(Br)c1. The number of aromatic nitrogens is 1. The molecule has 20 heavy (non-hydrogen) atoms. The van der Waals surface area contributed by atoms with Crippen LogP contribution in [0, 0.1) is 5.82 Å². The van der Waals surface area contributed by atoms with E-state index in [1.54, 1.807) is 12.3 Å². The van der Waals surface area contributed by atoms with Gasteiger partial charge >= 0.3 is 0 Å². The molecular formula is C16H11BrFNO. The van der Waals surface area contributed by atoms with E-state index in [0.717, 1.165) is 16.5 Å². The lowest BCUT2D eigenvalue weighted by Gasteiger charge is -2.09. The summed E-state index contributed by atoms with van der Waals surface area (Å²) in [7, 11) is 0. The summed E-state index contributed by atoms with van der Waals surface area (Å²) in [4.78, 5) is 4.27. The Morgan fingerprint density at radius 2 is 2.00 bits per heavy atom. The zero-order valence-corrected chi connectivity index (χ0v) is 12.1. The highest BCUT2D eigenvalue weighted by molar-refractivity contribution is 9.10. The number of nitrogens with zero attached hydrogens (tertiary/aromatic N) is 1. The van der Waals surface area contributed by atoms with Crippen LogP contribution in [0.1, 0.15) is 5.56 Å². The van der Waals surface area contributed by atoms with Gasteiger partial charge in [0.1, 0.15) is 18.2 Å². The van der Waals surface area contributed by atoms with Crippen molar-refractivity contribution in [3.05, 3.63) is 70.6 Å². The van der Waals surface area contributed by atoms with Crippen LogP contribution in [0.4, 0.5) is 4.39 Å². The molecule has 100 valence electrons. The quantitative estimate of drug-likeness (QED) is 0.693. The molecular weight excluding hydrogens is 321 g/mol. The molecule has 0 aliphatic rings. The van der Waals surface area contributed by atoms with Crippen molar-refractivity contribution >= 4 is 26.8 Å². The highest BCUT2D eigenvalue weighted by Gasteiger charge is 2.04. The number of fused-ring (bicyclic) bond motifs is 1. The molecule has 0 saturated carbocycles. The zero-order valence-electron chi connectivity index (χ0n) is 10.5. The molecule has 0 spiro atoms. The van der Waals surface area contributed by atoms with Gasteiger partial charge in [-0.15, -0.1) is 0 Å². The normalized spacial score (nSPS) is 10.7. The number of halogens is 2. The lowest BCUT2D eigenvalue weighted by atomic mass is 10.1. The van der Waals surface area contributed by atoms with Crippen LogP contribution in [0.2, 0.25) is 0 Å². The van der Waals surface area contributed by atoms with E-state index in [0.29, 0.717) is 16.8 Å². The zero-order chi connectivity index (χ0) is 13.9. The van der Waals surface area contributed by atoms with Crippen molar-refractivity contribution in [3.63, 3.8) is 0 Å². The first kappa shape index (κ1) is 13.1. The number of benzene rings is 2. The molecule has 0 amide bonds. The summed E-state index contributed by atoms with van der Waals surface area (Å²) in [5.41, 5.74) is 2.00. The fourth-order valence-electron chi connectivity index (χ4n) is 1.97. The van der Waals surface area contributed by atoms with Crippen LogP contribution in [0.5, 0.6) is 5.75 Å². The van der Waals surface area contributed by atoms with Gasteiger partial charge in [-0.1, -0.05) is 12.1 Å². The van der Waals surface area contributed by atoms with Crippen molar-refractivity contribution in [2.45, 2.75) is 6.61 Å². The highest BCUT2D eigenvalue weighted by Crippen LogP contribution is 2.26. The predicted octanol–water partition coefficient (Wildman–Crippen LogP) is 4.72. The van der Waals surface area contributed by atoms with Gasteiger partial charge in [0, 0.05) is 11.6 Å². The van der Waals surface area contributed by atoms with Crippen molar-refractivity contribution in [1.29, 1.82) is 0 Å². The van der Waals surface area contributed by atoms with Gasteiger partial charge in [0.2, 0.25) is 0 Å². The first-order valence-electron chi connectivity index (χ1n) is 6.14. The minimum Gasteiger partial charge on any atom is -0.488 e.